The molecule has 0 aliphatic carbocycles. The van der Waals surface area contributed by atoms with Gasteiger partial charge in [0.25, 0.3) is 0 Å². The molecule has 1 unspecified atom stereocenters. The lowest BCUT2D eigenvalue weighted by Crippen LogP contribution is -2.37. The van der Waals surface area contributed by atoms with Crippen LogP contribution < -0.4 is 14.8 Å². The van der Waals surface area contributed by atoms with Crippen molar-refractivity contribution < 1.29 is 19.1 Å². The molecule has 0 radical (unpaired) electrons. The van der Waals surface area contributed by atoms with Gasteiger partial charge < -0.3 is 19.7 Å². The fourth-order valence-corrected chi connectivity index (χ4v) is 3.81. The number of rotatable bonds is 14. The third kappa shape index (κ3) is 8.44. The van der Waals surface area contributed by atoms with E-state index in [1.54, 1.807) is 14.2 Å². The Morgan fingerprint density at radius 2 is 1.70 bits per heavy atom. The van der Waals surface area contributed by atoms with Crippen LogP contribution in [0.5, 0.6) is 11.5 Å². The van der Waals surface area contributed by atoms with Gasteiger partial charge in [-0.25, -0.2) is 0 Å². The third-order valence-electron chi connectivity index (χ3n) is 5.83. The molecule has 33 heavy (non-hydrogen) atoms. The Morgan fingerprint density at radius 1 is 0.970 bits per heavy atom. The van der Waals surface area contributed by atoms with Gasteiger partial charge in [-0.15, -0.1) is 0 Å². The summed E-state index contributed by atoms with van der Waals surface area (Å²) in [4.78, 5) is 27.3. The van der Waals surface area contributed by atoms with Crippen molar-refractivity contribution in [1.82, 2.24) is 10.2 Å². The van der Waals surface area contributed by atoms with Crippen LogP contribution in [0.3, 0.4) is 0 Å². The van der Waals surface area contributed by atoms with Crippen molar-refractivity contribution in [3.8, 4) is 11.5 Å². The summed E-state index contributed by atoms with van der Waals surface area (Å²) in [6.45, 7) is 5.08. The molecule has 2 aromatic carbocycles. The average molecular weight is 455 g/mol. The molecule has 0 saturated carbocycles. The lowest BCUT2D eigenvalue weighted by molar-refractivity contribution is -0.134. The van der Waals surface area contributed by atoms with E-state index in [4.69, 9.17) is 9.47 Å². The Balaban J connectivity index is 1.90. The fourth-order valence-electron chi connectivity index (χ4n) is 3.81. The number of methoxy groups -OCH3 is 2. The Morgan fingerprint density at radius 3 is 2.36 bits per heavy atom. The summed E-state index contributed by atoms with van der Waals surface area (Å²) in [5, 5.41) is 2.97. The Bertz CT molecular complexity index is 870. The fraction of sp³-hybridized carbons (Fsp3) is 0.481. The second-order valence-electron chi connectivity index (χ2n) is 8.17. The first-order chi connectivity index (χ1) is 16.0. The number of nitrogens with zero attached hydrogens (tertiary/aromatic N) is 1. The molecule has 0 heterocycles. The Kier molecular flexibility index (Phi) is 11.3. The van der Waals surface area contributed by atoms with Crippen LogP contribution in [0.15, 0.2) is 48.5 Å². The van der Waals surface area contributed by atoms with E-state index < -0.39 is 0 Å². The molecular formula is C27H38N2O4. The van der Waals surface area contributed by atoms with Crippen LogP contribution in [-0.4, -0.2) is 44.0 Å². The normalized spacial score (nSPS) is 11.5. The van der Waals surface area contributed by atoms with Crippen molar-refractivity contribution in [3.63, 3.8) is 0 Å². The van der Waals surface area contributed by atoms with Crippen LogP contribution in [0.1, 0.15) is 63.1 Å². The van der Waals surface area contributed by atoms with Gasteiger partial charge in [-0.2, -0.15) is 0 Å². The number of nitrogens with one attached hydrogen (secondary N) is 1. The van der Waals surface area contributed by atoms with Gasteiger partial charge in [0.2, 0.25) is 11.8 Å². The zero-order valence-electron chi connectivity index (χ0n) is 20.4. The minimum absolute atomic E-state index is 0.0536. The minimum atomic E-state index is -0.0695. The van der Waals surface area contributed by atoms with Crippen molar-refractivity contribution in [2.75, 3.05) is 27.3 Å². The highest BCUT2D eigenvalue weighted by atomic mass is 16.5. The summed E-state index contributed by atoms with van der Waals surface area (Å²) in [6.07, 6.45) is 4.48. The predicted molar refractivity (Wildman–Crippen MR) is 132 cm³/mol. The molecule has 0 spiro atoms. The van der Waals surface area contributed by atoms with E-state index in [0.717, 1.165) is 30.4 Å². The first kappa shape index (κ1) is 26.2. The zero-order valence-corrected chi connectivity index (χ0v) is 20.4. The largest absolute Gasteiger partial charge is 0.493 e. The highest BCUT2D eigenvalue weighted by Crippen LogP contribution is 2.27. The molecule has 6 nitrogen and oxygen atoms in total. The van der Waals surface area contributed by atoms with E-state index >= 15 is 0 Å². The molecule has 180 valence electrons. The van der Waals surface area contributed by atoms with Gasteiger partial charge in [-0.1, -0.05) is 56.2 Å². The second kappa shape index (κ2) is 14.2. The zero-order chi connectivity index (χ0) is 24.1. The van der Waals surface area contributed by atoms with Crippen LogP contribution >= 0.6 is 0 Å². The smallest absolute Gasteiger partial charge is 0.223 e. The molecule has 1 atom stereocenters. The highest BCUT2D eigenvalue weighted by Gasteiger charge is 2.21. The molecule has 2 aromatic rings. The van der Waals surface area contributed by atoms with Crippen molar-refractivity contribution in [3.05, 3.63) is 59.7 Å². The number of ether oxygens (including phenoxy) is 2. The molecule has 0 saturated heterocycles. The number of unbranched alkanes of at least 4 members (excludes halogenated alkanes) is 2. The SMILES string of the molecule is CCCCCC(=O)N(CCC(=O)NCCc1ccc(OC)c(OC)c1)C(C)c1ccccc1. The topological polar surface area (TPSA) is 67.9 Å². The molecule has 0 aromatic heterocycles. The molecule has 2 rings (SSSR count). The summed E-state index contributed by atoms with van der Waals surface area (Å²) in [7, 11) is 3.21. The van der Waals surface area contributed by atoms with E-state index in [1.165, 1.54) is 0 Å². The maximum absolute atomic E-state index is 12.9. The lowest BCUT2D eigenvalue weighted by atomic mass is 10.1. The monoisotopic (exact) mass is 454 g/mol. The van der Waals surface area contributed by atoms with E-state index in [2.05, 4.69) is 12.2 Å². The van der Waals surface area contributed by atoms with Gasteiger partial charge in [0, 0.05) is 25.9 Å². The first-order valence-corrected chi connectivity index (χ1v) is 11.8. The van der Waals surface area contributed by atoms with Crippen LogP contribution in [0, 0.1) is 0 Å². The minimum Gasteiger partial charge on any atom is -0.493 e. The second-order valence-corrected chi connectivity index (χ2v) is 8.17. The number of carbonyl (C=O) groups is 2. The summed E-state index contributed by atoms with van der Waals surface area (Å²) >= 11 is 0. The van der Waals surface area contributed by atoms with Gasteiger partial charge in [-0.05, 0) is 43.0 Å². The molecular weight excluding hydrogens is 416 g/mol. The van der Waals surface area contributed by atoms with Gasteiger partial charge >= 0.3 is 0 Å². The van der Waals surface area contributed by atoms with E-state index in [0.29, 0.717) is 37.4 Å². The highest BCUT2D eigenvalue weighted by molar-refractivity contribution is 5.79. The van der Waals surface area contributed by atoms with Crippen molar-refractivity contribution >= 4 is 11.8 Å². The Hall–Kier alpha value is -3.02. The lowest BCUT2D eigenvalue weighted by Gasteiger charge is -2.30. The standard InChI is InChI=1S/C27H38N2O4/c1-5-6-8-13-27(31)29(21(2)23-11-9-7-10-12-23)19-17-26(30)28-18-16-22-14-15-24(32-3)25(20-22)33-4/h7,9-12,14-15,20-21H,5-6,8,13,16-19H2,1-4H3,(H,28,30). The summed E-state index contributed by atoms with van der Waals surface area (Å²) < 4.78 is 10.6. The van der Waals surface area contributed by atoms with Crippen LogP contribution in [0.4, 0.5) is 0 Å². The quantitative estimate of drug-likeness (QED) is 0.411. The summed E-state index contributed by atoms with van der Waals surface area (Å²) in [5.41, 5.74) is 2.13. The van der Waals surface area contributed by atoms with Crippen LogP contribution in [-0.2, 0) is 16.0 Å². The average Bonchev–Trinajstić information content (AvgIpc) is 2.84. The number of hydrogen-bond acceptors (Lipinski definition) is 4. The molecule has 0 bridgehead atoms. The van der Waals surface area contributed by atoms with E-state index in [1.807, 2.05) is 60.4 Å². The van der Waals surface area contributed by atoms with Gasteiger partial charge in [-0.3, -0.25) is 9.59 Å². The van der Waals surface area contributed by atoms with Crippen molar-refractivity contribution in [1.29, 1.82) is 0 Å². The Labute approximate surface area is 198 Å². The van der Waals surface area contributed by atoms with E-state index in [-0.39, 0.29) is 24.3 Å². The molecule has 0 aliphatic rings. The van der Waals surface area contributed by atoms with Gasteiger partial charge in [0.05, 0.1) is 20.3 Å². The number of hydrogen-bond donors (Lipinski definition) is 1. The predicted octanol–water partition coefficient (Wildman–Crippen LogP) is 4.92. The van der Waals surface area contributed by atoms with Gasteiger partial charge in [0.15, 0.2) is 11.5 Å². The number of benzene rings is 2. The van der Waals surface area contributed by atoms with Crippen LogP contribution in [0.2, 0.25) is 0 Å². The molecule has 0 fully saturated rings. The summed E-state index contributed by atoms with van der Waals surface area (Å²) in [6, 6.07) is 15.7. The first-order valence-electron chi connectivity index (χ1n) is 11.8. The van der Waals surface area contributed by atoms with Crippen molar-refractivity contribution in [2.45, 2.75) is 58.4 Å². The molecule has 6 heteroatoms. The number of amides is 2. The molecule has 2 amide bonds. The third-order valence-corrected chi connectivity index (χ3v) is 5.83. The molecule has 0 aliphatic heterocycles. The molecule has 1 N–H and O–H groups in total. The summed E-state index contributed by atoms with van der Waals surface area (Å²) in [5.74, 6) is 1.41. The van der Waals surface area contributed by atoms with Crippen molar-refractivity contribution in [2.24, 2.45) is 0 Å². The van der Waals surface area contributed by atoms with Crippen LogP contribution in [0.25, 0.3) is 0 Å². The van der Waals surface area contributed by atoms with E-state index in [9.17, 15) is 9.59 Å². The maximum atomic E-state index is 12.9. The maximum Gasteiger partial charge on any atom is 0.223 e. The van der Waals surface area contributed by atoms with Gasteiger partial charge in [0.1, 0.15) is 0 Å². The number of carbonyl (C=O) groups excluding carboxylic acids is 2.